The van der Waals surface area contributed by atoms with Gasteiger partial charge in [0.1, 0.15) is 11.1 Å². The molecule has 0 saturated heterocycles. The monoisotopic (exact) mass is 413 g/mol. The number of nitrogens with one attached hydrogen (secondary N) is 1. The van der Waals surface area contributed by atoms with Crippen LogP contribution in [-0.4, -0.2) is 11.7 Å². The Morgan fingerprint density at radius 1 is 1.00 bits per heavy atom. The van der Waals surface area contributed by atoms with Crippen LogP contribution in [0.2, 0.25) is 5.02 Å². The fraction of sp³-hybridized carbons (Fsp3) is 0.0909. The van der Waals surface area contributed by atoms with Gasteiger partial charge >= 0.3 is 0 Å². The zero-order valence-electron chi connectivity index (χ0n) is 15.0. The summed E-state index contributed by atoms with van der Waals surface area (Å²) >= 11 is 7.15. The number of thioether (sulfide) groups is 1. The zero-order chi connectivity index (χ0) is 20.1. The van der Waals surface area contributed by atoms with Crippen molar-refractivity contribution >= 4 is 40.7 Å². The van der Waals surface area contributed by atoms with Gasteiger partial charge in [-0.1, -0.05) is 54.1 Å². The van der Waals surface area contributed by atoms with Gasteiger partial charge in [0.2, 0.25) is 5.91 Å². The van der Waals surface area contributed by atoms with Crippen molar-refractivity contribution in [3.05, 3.63) is 94.8 Å². The third-order valence-corrected chi connectivity index (χ3v) is 5.56. The van der Waals surface area contributed by atoms with Crippen molar-refractivity contribution in [1.82, 2.24) is 0 Å². The van der Waals surface area contributed by atoms with Crippen LogP contribution in [0, 0.1) is 5.82 Å². The number of amides is 1. The highest BCUT2D eigenvalue weighted by Crippen LogP contribution is 2.37. The summed E-state index contributed by atoms with van der Waals surface area (Å²) in [6, 6.07) is 20.4. The Balaban J connectivity index is 1.88. The number of hydrogen-bond acceptors (Lipinski definition) is 3. The molecule has 3 rings (SSSR count). The smallest absolute Gasteiger partial charge is 0.242 e. The third kappa shape index (κ3) is 5.00. The summed E-state index contributed by atoms with van der Waals surface area (Å²) < 4.78 is 13.5. The van der Waals surface area contributed by atoms with Gasteiger partial charge in [-0.25, -0.2) is 4.39 Å². The summed E-state index contributed by atoms with van der Waals surface area (Å²) in [6.07, 6.45) is 0. The van der Waals surface area contributed by atoms with Crippen LogP contribution in [0.4, 0.5) is 10.1 Å². The van der Waals surface area contributed by atoms with E-state index in [1.807, 2.05) is 30.3 Å². The lowest BCUT2D eigenvalue weighted by atomic mass is 10.1. The number of hydrogen-bond donors (Lipinski definition) is 1. The van der Waals surface area contributed by atoms with Gasteiger partial charge in [-0.3, -0.25) is 9.59 Å². The summed E-state index contributed by atoms with van der Waals surface area (Å²) in [5, 5.41) is 2.29. The minimum atomic E-state index is -0.580. The van der Waals surface area contributed by atoms with Crippen molar-refractivity contribution in [2.45, 2.75) is 17.1 Å². The van der Waals surface area contributed by atoms with Gasteiger partial charge in [-0.15, -0.1) is 11.8 Å². The first-order valence-electron chi connectivity index (χ1n) is 8.52. The largest absolute Gasteiger partial charge is 0.325 e. The quantitative estimate of drug-likeness (QED) is 0.389. The highest BCUT2D eigenvalue weighted by Gasteiger charge is 2.23. The van der Waals surface area contributed by atoms with Crippen molar-refractivity contribution in [2.24, 2.45) is 0 Å². The number of halogens is 2. The third-order valence-electron chi connectivity index (χ3n) is 4.02. The molecule has 0 aliphatic heterocycles. The second-order valence-corrected chi connectivity index (χ2v) is 7.70. The molecule has 3 aromatic rings. The van der Waals surface area contributed by atoms with Gasteiger partial charge in [0.05, 0.1) is 5.02 Å². The van der Waals surface area contributed by atoms with Crippen LogP contribution in [0.5, 0.6) is 0 Å². The highest BCUT2D eigenvalue weighted by molar-refractivity contribution is 8.00. The molecule has 0 heterocycles. The van der Waals surface area contributed by atoms with Crippen molar-refractivity contribution in [3.8, 4) is 0 Å². The molecule has 1 unspecified atom stereocenters. The molecule has 1 amide bonds. The first-order valence-corrected chi connectivity index (χ1v) is 9.78. The van der Waals surface area contributed by atoms with Gasteiger partial charge in [-0.05, 0) is 42.8 Å². The average Bonchev–Trinajstić information content (AvgIpc) is 2.69. The van der Waals surface area contributed by atoms with E-state index in [0.29, 0.717) is 16.1 Å². The Hall–Kier alpha value is -2.63. The topological polar surface area (TPSA) is 46.2 Å². The predicted molar refractivity (Wildman–Crippen MR) is 112 cm³/mol. The standard InChI is InChI=1S/C22H17ClFNO2S/c1-14(26)16-8-5-9-17(12-16)25-22(27)21(15-6-3-2-4-7-15)28-18-10-11-20(24)19(23)13-18/h2-13,21H,1H3,(H,25,27). The maximum Gasteiger partial charge on any atom is 0.242 e. The minimum absolute atomic E-state index is 0.00591. The fourth-order valence-electron chi connectivity index (χ4n) is 2.61. The lowest BCUT2D eigenvalue weighted by molar-refractivity contribution is -0.115. The first-order chi connectivity index (χ1) is 13.4. The number of carbonyl (C=O) groups is 2. The van der Waals surface area contributed by atoms with E-state index in [1.165, 1.54) is 30.8 Å². The molecule has 3 aromatic carbocycles. The van der Waals surface area contributed by atoms with Gasteiger partial charge in [0.25, 0.3) is 0 Å². The summed E-state index contributed by atoms with van der Waals surface area (Å²) in [5.41, 5.74) is 1.86. The number of ketones is 1. The van der Waals surface area contributed by atoms with Gasteiger partial charge in [0.15, 0.2) is 5.78 Å². The molecule has 0 bridgehead atoms. The lowest BCUT2D eigenvalue weighted by Crippen LogP contribution is -2.19. The Kier molecular flexibility index (Phi) is 6.49. The predicted octanol–water partition coefficient (Wildman–Crippen LogP) is 6.15. The second-order valence-electron chi connectivity index (χ2n) is 6.11. The normalized spacial score (nSPS) is 11.7. The molecule has 0 aliphatic carbocycles. The molecule has 142 valence electrons. The SMILES string of the molecule is CC(=O)c1cccc(NC(=O)C(Sc2ccc(F)c(Cl)c2)c2ccccc2)c1. The van der Waals surface area contributed by atoms with E-state index in [4.69, 9.17) is 11.6 Å². The van der Waals surface area contributed by atoms with Crippen LogP contribution in [0.25, 0.3) is 0 Å². The summed E-state index contributed by atoms with van der Waals surface area (Å²) in [4.78, 5) is 25.3. The Morgan fingerprint density at radius 2 is 1.75 bits per heavy atom. The van der Waals surface area contributed by atoms with E-state index in [1.54, 1.807) is 30.3 Å². The van der Waals surface area contributed by atoms with Gasteiger partial charge < -0.3 is 5.32 Å². The van der Waals surface area contributed by atoms with E-state index in [0.717, 1.165) is 5.56 Å². The van der Waals surface area contributed by atoms with Crippen LogP contribution in [0.3, 0.4) is 0 Å². The molecule has 0 aromatic heterocycles. The molecule has 0 fully saturated rings. The highest BCUT2D eigenvalue weighted by atomic mass is 35.5. The summed E-state index contributed by atoms with van der Waals surface area (Å²) in [5.74, 6) is -0.837. The minimum Gasteiger partial charge on any atom is -0.325 e. The van der Waals surface area contributed by atoms with Crippen molar-refractivity contribution in [1.29, 1.82) is 0 Å². The fourth-order valence-corrected chi connectivity index (χ4v) is 3.92. The van der Waals surface area contributed by atoms with Crippen molar-refractivity contribution in [3.63, 3.8) is 0 Å². The summed E-state index contributed by atoms with van der Waals surface area (Å²) in [7, 11) is 0. The molecule has 28 heavy (non-hydrogen) atoms. The number of Topliss-reactive ketones (excluding diaryl/α,β-unsaturated/α-hetero) is 1. The molecule has 6 heteroatoms. The molecule has 1 N–H and O–H groups in total. The maximum absolute atomic E-state index is 13.5. The molecule has 3 nitrogen and oxygen atoms in total. The number of anilines is 1. The molecule has 1 atom stereocenters. The molecule has 0 spiro atoms. The van der Waals surface area contributed by atoms with Crippen LogP contribution < -0.4 is 5.32 Å². The number of rotatable bonds is 6. The maximum atomic E-state index is 13.5. The second kappa shape index (κ2) is 9.04. The molecular weight excluding hydrogens is 397 g/mol. The first kappa shape index (κ1) is 20.1. The number of benzene rings is 3. The van der Waals surface area contributed by atoms with Gasteiger partial charge in [-0.2, -0.15) is 0 Å². The Labute approximate surface area is 171 Å². The Bertz CT molecular complexity index is 1010. The summed E-state index contributed by atoms with van der Waals surface area (Å²) in [6.45, 7) is 1.47. The van der Waals surface area contributed by atoms with E-state index in [-0.39, 0.29) is 16.7 Å². The molecule has 0 saturated carbocycles. The average molecular weight is 414 g/mol. The van der Waals surface area contributed by atoms with Crippen molar-refractivity contribution < 1.29 is 14.0 Å². The van der Waals surface area contributed by atoms with Crippen LogP contribution in [0.1, 0.15) is 28.1 Å². The number of carbonyl (C=O) groups excluding carboxylic acids is 2. The van der Waals surface area contributed by atoms with Crippen LogP contribution >= 0.6 is 23.4 Å². The van der Waals surface area contributed by atoms with E-state index < -0.39 is 11.1 Å². The molecule has 0 aliphatic rings. The van der Waals surface area contributed by atoms with Crippen molar-refractivity contribution in [2.75, 3.05) is 5.32 Å². The van der Waals surface area contributed by atoms with E-state index in [9.17, 15) is 14.0 Å². The van der Waals surface area contributed by atoms with Crippen LogP contribution in [-0.2, 0) is 4.79 Å². The van der Waals surface area contributed by atoms with E-state index >= 15 is 0 Å². The van der Waals surface area contributed by atoms with Crippen LogP contribution in [0.15, 0.2) is 77.7 Å². The van der Waals surface area contributed by atoms with Gasteiger partial charge in [0, 0.05) is 16.1 Å². The lowest BCUT2D eigenvalue weighted by Gasteiger charge is -2.17. The molecular formula is C22H17ClFNO2S. The molecule has 0 radical (unpaired) electrons. The Morgan fingerprint density at radius 3 is 2.43 bits per heavy atom. The van der Waals surface area contributed by atoms with E-state index in [2.05, 4.69) is 5.32 Å². The zero-order valence-corrected chi connectivity index (χ0v) is 16.6.